The van der Waals surface area contributed by atoms with Gasteiger partial charge in [0.1, 0.15) is 0 Å². The van der Waals surface area contributed by atoms with Crippen molar-refractivity contribution >= 4 is 45.9 Å². The first kappa shape index (κ1) is 32.9. The van der Waals surface area contributed by atoms with Crippen molar-refractivity contribution in [2.24, 2.45) is 0 Å². The third-order valence-electron chi connectivity index (χ3n) is 9.07. The van der Waals surface area contributed by atoms with Gasteiger partial charge in [-0.1, -0.05) is 47.5 Å². The van der Waals surface area contributed by atoms with Gasteiger partial charge in [-0.2, -0.15) is 5.10 Å². The Morgan fingerprint density at radius 2 is 1.23 bits per heavy atom. The highest BCUT2D eigenvalue weighted by Crippen LogP contribution is 2.22. The number of aromatic nitrogens is 6. The number of fused-ring (bicyclic) bond motifs is 2. The molecule has 0 amide bonds. The van der Waals surface area contributed by atoms with Crippen molar-refractivity contribution < 1.29 is 10.6 Å². The maximum Gasteiger partial charge on any atom is 0.350 e. The number of aromatic amines is 1. The molecular weight excluding hydrogens is 715 g/mol. The molecule has 0 unspecified atom stereocenters. The predicted molar refractivity (Wildman–Crippen MR) is 212 cm³/mol. The minimum Gasteiger partial charge on any atom is -0.396 e. The molecule has 6 heterocycles. The zero-order valence-corrected chi connectivity index (χ0v) is 30.8. The van der Waals surface area contributed by atoms with E-state index in [0.29, 0.717) is 24.4 Å². The zero-order valence-electron chi connectivity index (χ0n) is 33.3. The van der Waals surface area contributed by atoms with Gasteiger partial charge in [-0.05, 0) is 73.5 Å². The van der Waals surface area contributed by atoms with E-state index in [2.05, 4.69) is 41.0 Å². The fourth-order valence-electron chi connectivity index (χ4n) is 6.21. The Balaban J connectivity index is 0.000000162. The second-order valence-electron chi connectivity index (χ2n) is 12.5. The van der Waals surface area contributed by atoms with Gasteiger partial charge in [0, 0.05) is 112 Å². The average Bonchev–Trinajstić information content (AvgIpc) is 3.76. The van der Waals surface area contributed by atoms with Crippen LogP contribution in [0.15, 0.2) is 107 Å². The lowest BCUT2D eigenvalue weighted by molar-refractivity contribution is 0.216. The lowest BCUT2D eigenvalue weighted by Crippen LogP contribution is -2.46. The average molecular weight is 766 g/mol. The molecule has 0 spiro atoms. The van der Waals surface area contributed by atoms with Gasteiger partial charge in [0.05, 0.1) is 5.48 Å². The van der Waals surface area contributed by atoms with Crippen LogP contribution in [0.4, 0.5) is 11.4 Å². The van der Waals surface area contributed by atoms with Crippen LogP contribution in [-0.2, 0) is 6.50 Å². The summed E-state index contributed by atoms with van der Waals surface area (Å²) in [5.41, 5.74) is 2.68. The molecule has 15 heteroatoms. The molecule has 0 radical (unpaired) electrons. The molecule has 2 aromatic carbocycles. The van der Waals surface area contributed by atoms with E-state index in [0.717, 1.165) is 78.5 Å². The number of piperazine rings is 2. The van der Waals surface area contributed by atoms with E-state index < -0.39 is 18.7 Å². The second kappa shape index (κ2) is 18.9. The van der Waals surface area contributed by atoms with Gasteiger partial charge in [0.15, 0.2) is 11.3 Å². The van der Waals surface area contributed by atoms with E-state index in [9.17, 15) is 9.59 Å². The minimum atomic E-state index is -2.07. The number of benzene rings is 2. The first-order valence-corrected chi connectivity index (χ1v) is 18.3. The van der Waals surface area contributed by atoms with Crippen molar-refractivity contribution in [2.45, 2.75) is 19.3 Å². The topological polar surface area (TPSA) is 123 Å². The van der Waals surface area contributed by atoms with Gasteiger partial charge < -0.3 is 14.9 Å². The largest absolute Gasteiger partial charge is 0.396 e. The Labute approximate surface area is 323 Å². The monoisotopic (exact) mass is 764 g/mol. The highest BCUT2D eigenvalue weighted by atomic mass is 35.5. The first-order chi connectivity index (χ1) is 27.3. The number of rotatable bonds is 9. The molecule has 6 aromatic rings. The van der Waals surface area contributed by atoms with Crippen LogP contribution >= 0.6 is 23.2 Å². The van der Waals surface area contributed by atoms with E-state index in [-0.39, 0.29) is 18.5 Å². The maximum absolute atomic E-state index is 12.4. The van der Waals surface area contributed by atoms with Crippen molar-refractivity contribution in [3.63, 3.8) is 0 Å². The van der Waals surface area contributed by atoms with Crippen LogP contribution in [0.5, 0.6) is 0 Å². The van der Waals surface area contributed by atoms with Crippen molar-refractivity contribution in [3.8, 4) is 0 Å². The molecule has 0 bridgehead atoms. The lowest BCUT2D eigenvalue weighted by atomic mass is 10.2. The van der Waals surface area contributed by atoms with E-state index in [1.54, 1.807) is 42.7 Å². The Bertz CT molecular complexity index is 2330. The summed E-state index contributed by atoms with van der Waals surface area (Å²) < 4.78 is 34.7. The fraction of sp³-hybridized carbons (Fsp3) is 0.368. The van der Waals surface area contributed by atoms with Gasteiger partial charge in [0.2, 0.25) is 0 Å². The van der Waals surface area contributed by atoms with Gasteiger partial charge in [-0.3, -0.25) is 18.6 Å². The van der Waals surface area contributed by atoms with E-state index in [1.165, 1.54) is 8.80 Å². The Morgan fingerprint density at radius 3 is 1.75 bits per heavy atom. The number of halogens is 2. The Hall–Kier alpha value is -4.66. The number of aliphatic hydroxyl groups is 1. The number of nitrogens with zero attached hydrogens (tertiary/aromatic N) is 9. The van der Waals surface area contributed by atoms with Gasteiger partial charge in [-0.25, -0.2) is 19.4 Å². The van der Waals surface area contributed by atoms with Crippen molar-refractivity contribution in [2.75, 3.05) is 81.8 Å². The molecule has 2 fully saturated rings. The molecule has 8 rings (SSSR count). The quantitative estimate of drug-likeness (QED) is 0.223. The lowest BCUT2D eigenvalue weighted by Gasteiger charge is -2.36. The molecule has 0 aliphatic carbocycles. The minimum absolute atomic E-state index is 0.157. The number of hydrogen-bond donors (Lipinski definition) is 2. The van der Waals surface area contributed by atoms with Gasteiger partial charge >= 0.3 is 11.4 Å². The highest BCUT2D eigenvalue weighted by molar-refractivity contribution is 6.31. The summed E-state index contributed by atoms with van der Waals surface area (Å²) in [6, 6.07) is 26.2. The van der Waals surface area contributed by atoms with Crippen LogP contribution in [0.25, 0.3) is 11.3 Å². The van der Waals surface area contributed by atoms with Crippen LogP contribution < -0.4 is 21.2 Å². The summed E-state index contributed by atoms with van der Waals surface area (Å²) in [7, 11) is 0. The number of hydrogen-bond acceptors (Lipinski definition) is 9. The predicted octanol–water partition coefficient (Wildman–Crippen LogP) is 4.23. The summed E-state index contributed by atoms with van der Waals surface area (Å²) in [5, 5.41) is 20.8. The van der Waals surface area contributed by atoms with Crippen LogP contribution in [-0.4, -0.2) is 116 Å². The van der Waals surface area contributed by atoms with Crippen molar-refractivity contribution in [3.05, 3.63) is 128 Å². The Kier molecular flexibility index (Phi) is 11.7. The molecule has 0 atom stereocenters. The zero-order chi connectivity index (χ0) is 40.6. The standard InChI is InChI=1S/C19H22ClN5O.C13H19ClN2O.C6H5N3O/c20-16-5-3-6-17(15-16)23-13-11-22(12-14-23)8-4-10-25-19(26)24-9-2-1-7-18(24)21-25;14-12-3-1-4-13(11-12)16-8-6-15(7-9-16)5-2-10-17;10-6-8-7-5-3-1-2-4-9(5)6/h1-3,5-7,9,15H,4,8,10-14H2;1,3-4,11,17H,2,5-10H2;1-4H,(H,8,10)/i2*10D2;. The molecule has 2 N–H and O–H groups in total. The SMILES string of the molecule is O=c1[nH]nc2ccccn12.[2H]C([2H])(CCN1CCN(c2cccc(Cl)c2)CC1)n1nc2ccccn2c1=O.[2H]C([2H])(O)CCN1CCN(c2cccc(Cl)c2)CC1. The number of pyridine rings is 2. The second-order valence-corrected chi connectivity index (χ2v) is 13.4. The molecular formula is C38H46Cl2N10O3. The summed E-state index contributed by atoms with van der Waals surface area (Å²) in [6.07, 6.45) is 3.63. The van der Waals surface area contributed by atoms with E-state index >= 15 is 0 Å². The van der Waals surface area contributed by atoms with Crippen LogP contribution in [0.2, 0.25) is 10.0 Å². The highest BCUT2D eigenvalue weighted by Gasteiger charge is 2.18. The van der Waals surface area contributed by atoms with Gasteiger partial charge in [0.25, 0.3) is 0 Å². The van der Waals surface area contributed by atoms with Crippen LogP contribution in [0, 0.1) is 0 Å². The normalized spacial score (nSPS) is 16.9. The first-order valence-electron chi connectivity index (χ1n) is 19.5. The van der Waals surface area contributed by atoms with Gasteiger partial charge in [-0.15, -0.1) is 5.10 Å². The smallest absolute Gasteiger partial charge is 0.350 e. The number of aryl methyl sites for hydroxylation is 1. The summed E-state index contributed by atoms with van der Waals surface area (Å²) in [6.45, 7) is 4.19. The molecule has 0 saturated carbocycles. The third-order valence-corrected chi connectivity index (χ3v) is 9.54. The molecule has 53 heavy (non-hydrogen) atoms. The molecule has 2 aliphatic rings. The van der Waals surface area contributed by atoms with E-state index in [4.69, 9.17) is 33.8 Å². The third kappa shape index (κ3) is 10.5. The van der Waals surface area contributed by atoms with Crippen molar-refractivity contribution in [1.82, 2.24) is 38.6 Å². The summed E-state index contributed by atoms with van der Waals surface area (Å²) in [4.78, 5) is 32.2. The van der Waals surface area contributed by atoms with E-state index in [1.807, 2.05) is 48.5 Å². The summed E-state index contributed by atoms with van der Waals surface area (Å²) >= 11 is 12.1. The maximum atomic E-state index is 12.4. The molecule has 13 nitrogen and oxygen atoms in total. The number of nitrogens with one attached hydrogen (secondary N) is 1. The fourth-order valence-corrected chi connectivity index (χ4v) is 6.58. The van der Waals surface area contributed by atoms with Crippen LogP contribution in [0.1, 0.15) is 18.3 Å². The molecule has 2 saturated heterocycles. The Morgan fingerprint density at radius 1 is 0.679 bits per heavy atom. The molecule has 2 aliphatic heterocycles. The number of H-pyrrole nitrogens is 1. The van der Waals surface area contributed by atoms with Crippen molar-refractivity contribution in [1.29, 1.82) is 0 Å². The molecule has 280 valence electrons. The van der Waals surface area contributed by atoms with Crippen LogP contribution in [0.3, 0.4) is 0 Å². The summed E-state index contributed by atoms with van der Waals surface area (Å²) in [5.74, 6) is 0. The molecule has 4 aromatic heterocycles. The number of anilines is 2.